The van der Waals surface area contributed by atoms with Crippen LogP contribution in [0.5, 0.6) is 0 Å². The Bertz CT molecular complexity index is 514. The van der Waals surface area contributed by atoms with Crippen LogP contribution >= 0.6 is 0 Å². The van der Waals surface area contributed by atoms with Crippen LogP contribution in [-0.4, -0.2) is 12.6 Å². The smallest absolute Gasteiger partial charge is 0.305 e. The predicted molar refractivity (Wildman–Crippen MR) is 193 cm³/mol. The molecule has 0 aliphatic carbocycles. The molecule has 0 bridgehead atoms. The Hall–Kier alpha value is -0.530. The molecule has 0 aliphatic rings. The number of carbonyl (C=O) groups is 1. The van der Waals surface area contributed by atoms with Crippen molar-refractivity contribution in [3.8, 4) is 0 Å². The normalized spacial score (nSPS) is 11.5. The Kier molecular flexibility index (Phi) is 37.2. The van der Waals surface area contributed by atoms with Gasteiger partial charge in [-0.3, -0.25) is 4.79 Å². The summed E-state index contributed by atoms with van der Waals surface area (Å²) in [6.45, 7) is 7.57. The molecule has 0 saturated heterocycles. The molecule has 2 nitrogen and oxygen atoms in total. The highest BCUT2D eigenvalue weighted by molar-refractivity contribution is 5.69. The van der Waals surface area contributed by atoms with Gasteiger partial charge in [0.25, 0.3) is 0 Å². The van der Waals surface area contributed by atoms with E-state index in [0.717, 1.165) is 18.8 Å². The summed E-state index contributed by atoms with van der Waals surface area (Å²) >= 11 is 0. The largest absolute Gasteiger partial charge is 0.466 e. The summed E-state index contributed by atoms with van der Waals surface area (Å²) in [6, 6.07) is 0. The van der Waals surface area contributed by atoms with Crippen LogP contribution in [0.1, 0.15) is 245 Å². The van der Waals surface area contributed by atoms with Gasteiger partial charge in [-0.2, -0.15) is 0 Å². The summed E-state index contributed by atoms with van der Waals surface area (Å²) in [6.07, 6.45) is 47.7. The average molecular weight is 607 g/mol. The van der Waals surface area contributed by atoms with Crippen molar-refractivity contribution in [2.24, 2.45) is 5.92 Å². The summed E-state index contributed by atoms with van der Waals surface area (Å²) < 4.78 is 5.45. The van der Waals surface area contributed by atoms with Crippen molar-refractivity contribution in [2.45, 2.75) is 245 Å². The Balaban J connectivity index is 3.13. The number of hydrogen-bond donors (Lipinski definition) is 0. The molecule has 0 spiro atoms. The lowest BCUT2D eigenvalue weighted by Gasteiger charge is -2.06. The third-order valence-electron chi connectivity index (χ3n) is 9.42. The highest BCUT2D eigenvalue weighted by Gasteiger charge is 2.03. The first-order chi connectivity index (χ1) is 21.2. The molecule has 0 saturated carbocycles. The van der Waals surface area contributed by atoms with Crippen molar-refractivity contribution >= 4 is 5.97 Å². The number of esters is 1. The first kappa shape index (κ1) is 42.5. The van der Waals surface area contributed by atoms with E-state index in [1.54, 1.807) is 0 Å². The van der Waals surface area contributed by atoms with Gasteiger partial charge in [0.2, 0.25) is 0 Å². The standard InChI is InChI=1S/C41H82O2/c1-4-5-6-7-8-9-10-11-12-13-14-15-16-17-18-19-20-21-22-23-27-30-33-36-39-43-41(42)38-35-32-29-26-24-25-28-31-34-37-40(2)3/h40H,4-39H2,1-3H3. The van der Waals surface area contributed by atoms with E-state index in [0.29, 0.717) is 13.0 Å². The van der Waals surface area contributed by atoms with Crippen LogP contribution < -0.4 is 0 Å². The Labute approximate surface area is 273 Å². The molecule has 0 fully saturated rings. The van der Waals surface area contributed by atoms with Crippen molar-refractivity contribution < 1.29 is 9.53 Å². The van der Waals surface area contributed by atoms with E-state index in [-0.39, 0.29) is 5.97 Å². The molecule has 2 heteroatoms. The first-order valence-corrected chi connectivity index (χ1v) is 20.3. The minimum Gasteiger partial charge on any atom is -0.466 e. The maximum absolute atomic E-state index is 11.9. The summed E-state index contributed by atoms with van der Waals surface area (Å²) in [5.74, 6) is 0.883. The van der Waals surface area contributed by atoms with Crippen LogP contribution in [0.2, 0.25) is 0 Å². The second kappa shape index (κ2) is 37.7. The first-order valence-electron chi connectivity index (χ1n) is 20.3. The molecule has 0 aromatic carbocycles. The van der Waals surface area contributed by atoms with E-state index in [9.17, 15) is 4.79 Å². The van der Waals surface area contributed by atoms with Gasteiger partial charge in [0.05, 0.1) is 6.61 Å². The summed E-state index contributed by atoms with van der Waals surface area (Å²) in [5.41, 5.74) is 0. The fourth-order valence-corrected chi connectivity index (χ4v) is 6.38. The van der Waals surface area contributed by atoms with E-state index < -0.39 is 0 Å². The van der Waals surface area contributed by atoms with E-state index in [4.69, 9.17) is 4.74 Å². The molecule has 0 heterocycles. The van der Waals surface area contributed by atoms with E-state index in [1.807, 2.05) is 0 Å². The second-order valence-electron chi connectivity index (χ2n) is 14.5. The Morgan fingerprint density at radius 2 is 0.674 bits per heavy atom. The molecule has 0 atom stereocenters. The van der Waals surface area contributed by atoms with Crippen molar-refractivity contribution in [3.63, 3.8) is 0 Å². The Morgan fingerprint density at radius 3 is 1.00 bits per heavy atom. The van der Waals surface area contributed by atoms with Crippen LogP contribution in [0.4, 0.5) is 0 Å². The third-order valence-corrected chi connectivity index (χ3v) is 9.42. The number of unbranched alkanes of at least 4 members (excludes halogenated alkanes) is 31. The average Bonchev–Trinajstić information content (AvgIpc) is 2.99. The molecule has 0 N–H and O–H groups in total. The molecule has 0 aromatic heterocycles. The zero-order valence-electron chi connectivity index (χ0n) is 30.3. The molecule has 0 radical (unpaired) electrons. The fraction of sp³-hybridized carbons (Fsp3) is 0.976. The summed E-state index contributed by atoms with van der Waals surface area (Å²) in [7, 11) is 0. The van der Waals surface area contributed by atoms with Crippen LogP contribution in [0.3, 0.4) is 0 Å². The van der Waals surface area contributed by atoms with Gasteiger partial charge in [-0.15, -0.1) is 0 Å². The molecule has 0 aromatic rings. The molecule has 0 unspecified atom stereocenters. The molecule has 258 valence electrons. The van der Waals surface area contributed by atoms with Gasteiger partial charge >= 0.3 is 5.97 Å². The summed E-state index contributed by atoms with van der Waals surface area (Å²) in [4.78, 5) is 11.9. The van der Waals surface area contributed by atoms with Crippen molar-refractivity contribution in [3.05, 3.63) is 0 Å². The van der Waals surface area contributed by atoms with Crippen LogP contribution in [0.25, 0.3) is 0 Å². The maximum atomic E-state index is 11.9. The topological polar surface area (TPSA) is 26.3 Å². The number of ether oxygens (including phenoxy) is 1. The van der Waals surface area contributed by atoms with Crippen molar-refractivity contribution in [1.82, 2.24) is 0 Å². The van der Waals surface area contributed by atoms with Gasteiger partial charge in [0.1, 0.15) is 0 Å². The lowest BCUT2D eigenvalue weighted by molar-refractivity contribution is -0.143. The van der Waals surface area contributed by atoms with E-state index >= 15 is 0 Å². The molecular formula is C41H82O2. The van der Waals surface area contributed by atoms with Gasteiger partial charge in [-0.1, -0.05) is 226 Å². The lowest BCUT2D eigenvalue weighted by atomic mass is 10.0. The highest BCUT2D eigenvalue weighted by atomic mass is 16.5. The minimum absolute atomic E-state index is 0.0271. The SMILES string of the molecule is CCCCCCCCCCCCCCCCCCCCCCCCCCOC(=O)CCCCCCCCCCCC(C)C. The van der Waals surface area contributed by atoms with Gasteiger partial charge in [-0.25, -0.2) is 0 Å². The third kappa shape index (κ3) is 39.4. The summed E-state index contributed by atoms with van der Waals surface area (Å²) in [5, 5.41) is 0. The van der Waals surface area contributed by atoms with Crippen molar-refractivity contribution in [2.75, 3.05) is 6.61 Å². The molecule has 0 rings (SSSR count). The van der Waals surface area contributed by atoms with E-state index in [1.165, 1.54) is 205 Å². The Morgan fingerprint density at radius 1 is 0.395 bits per heavy atom. The van der Waals surface area contributed by atoms with Gasteiger partial charge in [-0.05, 0) is 18.8 Å². The molecule has 43 heavy (non-hydrogen) atoms. The molecule has 0 aliphatic heterocycles. The van der Waals surface area contributed by atoms with Crippen LogP contribution in [0.15, 0.2) is 0 Å². The zero-order valence-corrected chi connectivity index (χ0v) is 30.3. The minimum atomic E-state index is 0.0271. The number of hydrogen-bond acceptors (Lipinski definition) is 2. The predicted octanol–water partition coefficient (Wildman–Crippen LogP) is 14.9. The number of rotatable bonds is 37. The number of carbonyl (C=O) groups excluding carboxylic acids is 1. The van der Waals surface area contributed by atoms with E-state index in [2.05, 4.69) is 20.8 Å². The molecular weight excluding hydrogens is 524 g/mol. The zero-order chi connectivity index (χ0) is 31.3. The van der Waals surface area contributed by atoms with Crippen molar-refractivity contribution in [1.29, 1.82) is 0 Å². The lowest BCUT2D eigenvalue weighted by Crippen LogP contribution is -2.05. The highest BCUT2D eigenvalue weighted by Crippen LogP contribution is 2.16. The monoisotopic (exact) mass is 607 g/mol. The molecule has 0 amide bonds. The fourth-order valence-electron chi connectivity index (χ4n) is 6.38. The van der Waals surface area contributed by atoms with Gasteiger partial charge < -0.3 is 4.74 Å². The second-order valence-corrected chi connectivity index (χ2v) is 14.5. The van der Waals surface area contributed by atoms with Gasteiger partial charge in [0, 0.05) is 6.42 Å². The van der Waals surface area contributed by atoms with Gasteiger partial charge in [0.15, 0.2) is 0 Å². The maximum Gasteiger partial charge on any atom is 0.305 e. The van der Waals surface area contributed by atoms with Crippen LogP contribution in [-0.2, 0) is 9.53 Å². The quantitative estimate of drug-likeness (QED) is 0.0519. The van der Waals surface area contributed by atoms with Crippen LogP contribution in [0, 0.1) is 5.92 Å².